The van der Waals surface area contributed by atoms with E-state index in [-0.39, 0.29) is 11.5 Å². The van der Waals surface area contributed by atoms with Gasteiger partial charge in [-0.15, -0.1) is 0 Å². The second-order valence-electron chi connectivity index (χ2n) is 5.75. The van der Waals surface area contributed by atoms with E-state index in [2.05, 4.69) is 6.92 Å². The van der Waals surface area contributed by atoms with Gasteiger partial charge in [0.2, 0.25) is 0 Å². The van der Waals surface area contributed by atoms with E-state index in [1.807, 2.05) is 13.8 Å². The lowest BCUT2D eigenvalue weighted by molar-refractivity contribution is -0.189. The van der Waals surface area contributed by atoms with E-state index < -0.39 is 11.9 Å². The van der Waals surface area contributed by atoms with Gasteiger partial charge in [0.05, 0.1) is 11.2 Å². The summed E-state index contributed by atoms with van der Waals surface area (Å²) in [4.78, 5) is 0. The van der Waals surface area contributed by atoms with Crippen LogP contribution in [0.2, 0.25) is 0 Å². The van der Waals surface area contributed by atoms with Crippen LogP contribution in [-0.2, 0) is 4.74 Å². The van der Waals surface area contributed by atoms with Gasteiger partial charge >= 0.3 is 0 Å². The third-order valence-corrected chi connectivity index (χ3v) is 4.30. The van der Waals surface area contributed by atoms with Gasteiger partial charge < -0.3 is 14.9 Å². The van der Waals surface area contributed by atoms with Crippen LogP contribution in [-0.4, -0.2) is 27.7 Å². The molecule has 1 unspecified atom stereocenters. The second-order valence-corrected chi connectivity index (χ2v) is 5.75. The molecule has 0 radical (unpaired) electrons. The summed E-state index contributed by atoms with van der Waals surface area (Å²) in [6.45, 7) is 5.88. The van der Waals surface area contributed by atoms with Crippen LogP contribution in [0.15, 0.2) is 0 Å². The third-order valence-electron chi connectivity index (χ3n) is 4.30. The van der Waals surface area contributed by atoms with E-state index in [0.29, 0.717) is 12.3 Å². The molecular formula is C12H22O3. The minimum Gasteiger partial charge on any atom is -0.390 e. The molecule has 1 spiro atoms. The molecule has 0 aromatic heterocycles. The number of rotatable bonds is 1. The van der Waals surface area contributed by atoms with E-state index in [4.69, 9.17) is 4.74 Å². The van der Waals surface area contributed by atoms with Gasteiger partial charge in [-0.2, -0.15) is 0 Å². The molecule has 1 saturated heterocycles. The summed E-state index contributed by atoms with van der Waals surface area (Å²) in [5, 5.41) is 19.7. The van der Waals surface area contributed by atoms with Crippen molar-refractivity contribution in [3.8, 4) is 0 Å². The van der Waals surface area contributed by atoms with Crippen molar-refractivity contribution in [1.82, 2.24) is 0 Å². The molecule has 1 saturated carbocycles. The number of aliphatic hydroxyl groups is 2. The molecule has 3 heteroatoms. The highest BCUT2D eigenvalue weighted by atomic mass is 16.6. The van der Waals surface area contributed by atoms with Crippen molar-refractivity contribution in [1.29, 1.82) is 0 Å². The molecule has 1 aliphatic heterocycles. The first-order valence-corrected chi connectivity index (χ1v) is 5.94. The maximum Gasteiger partial charge on any atom is 0.155 e. The SMILES string of the molecule is C[C@H]1CC[C@@H](C(C)(C)O)[C@@]12CCC(O)O2. The Morgan fingerprint density at radius 1 is 1.27 bits per heavy atom. The highest BCUT2D eigenvalue weighted by molar-refractivity contribution is 5.06. The van der Waals surface area contributed by atoms with Gasteiger partial charge in [-0.05, 0) is 39.0 Å². The van der Waals surface area contributed by atoms with Gasteiger partial charge in [-0.3, -0.25) is 0 Å². The van der Waals surface area contributed by atoms with Crippen LogP contribution in [0.5, 0.6) is 0 Å². The standard InChI is InChI=1S/C12H22O3/c1-8-4-5-9(11(2,3)14)12(8)7-6-10(13)15-12/h8-10,13-14H,4-7H2,1-3H3/t8-,9-,10?,12+/m0/s1. The fourth-order valence-electron chi connectivity index (χ4n) is 3.54. The van der Waals surface area contributed by atoms with Crippen LogP contribution in [0.4, 0.5) is 0 Å². The van der Waals surface area contributed by atoms with Crippen molar-refractivity contribution in [3.63, 3.8) is 0 Å². The van der Waals surface area contributed by atoms with E-state index in [9.17, 15) is 10.2 Å². The number of ether oxygens (including phenoxy) is 1. The summed E-state index contributed by atoms with van der Waals surface area (Å²) >= 11 is 0. The fraction of sp³-hybridized carbons (Fsp3) is 1.00. The molecule has 4 atom stereocenters. The zero-order valence-electron chi connectivity index (χ0n) is 9.86. The van der Waals surface area contributed by atoms with Crippen LogP contribution in [0.3, 0.4) is 0 Å². The summed E-state index contributed by atoms with van der Waals surface area (Å²) < 4.78 is 5.76. The molecule has 0 bridgehead atoms. The van der Waals surface area contributed by atoms with Gasteiger partial charge in [0.25, 0.3) is 0 Å². The molecule has 1 aliphatic carbocycles. The minimum atomic E-state index is -0.713. The lowest BCUT2D eigenvalue weighted by atomic mass is 9.75. The van der Waals surface area contributed by atoms with Crippen LogP contribution in [0.1, 0.15) is 46.5 Å². The average Bonchev–Trinajstić information content (AvgIpc) is 2.59. The van der Waals surface area contributed by atoms with Crippen LogP contribution >= 0.6 is 0 Å². The smallest absolute Gasteiger partial charge is 0.155 e. The Labute approximate surface area is 91.4 Å². The normalized spacial score (nSPS) is 46.6. The number of hydrogen-bond acceptors (Lipinski definition) is 3. The van der Waals surface area contributed by atoms with E-state index in [1.165, 1.54) is 0 Å². The zero-order chi connectivity index (χ0) is 11.3. The summed E-state index contributed by atoms with van der Waals surface area (Å²) in [5.74, 6) is 0.586. The van der Waals surface area contributed by atoms with Crippen LogP contribution in [0.25, 0.3) is 0 Å². The highest BCUT2D eigenvalue weighted by Crippen LogP contribution is 2.53. The molecule has 0 amide bonds. The Morgan fingerprint density at radius 2 is 1.93 bits per heavy atom. The molecule has 3 nitrogen and oxygen atoms in total. The van der Waals surface area contributed by atoms with Crippen molar-refractivity contribution in [3.05, 3.63) is 0 Å². The van der Waals surface area contributed by atoms with Gasteiger partial charge in [0.15, 0.2) is 6.29 Å². The number of aliphatic hydroxyl groups excluding tert-OH is 1. The van der Waals surface area contributed by atoms with Crippen LogP contribution in [0, 0.1) is 11.8 Å². The summed E-state index contributed by atoms with van der Waals surface area (Å²) in [5.41, 5.74) is -0.994. The lowest BCUT2D eigenvalue weighted by Crippen LogP contribution is -2.48. The van der Waals surface area contributed by atoms with Crippen molar-refractivity contribution in [2.24, 2.45) is 11.8 Å². The molecule has 2 N–H and O–H groups in total. The predicted molar refractivity (Wildman–Crippen MR) is 57.2 cm³/mol. The first-order chi connectivity index (χ1) is 6.86. The molecule has 88 valence electrons. The minimum absolute atomic E-state index is 0.150. The van der Waals surface area contributed by atoms with Crippen molar-refractivity contribution < 1.29 is 14.9 Å². The van der Waals surface area contributed by atoms with E-state index >= 15 is 0 Å². The van der Waals surface area contributed by atoms with Crippen molar-refractivity contribution >= 4 is 0 Å². The highest BCUT2D eigenvalue weighted by Gasteiger charge is 2.57. The second kappa shape index (κ2) is 3.44. The Hall–Kier alpha value is -0.120. The first kappa shape index (κ1) is 11.4. The molecule has 2 aliphatic rings. The maximum absolute atomic E-state index is 10.2. The van der Waals surface area contributed by atoms with Gasteiger partial charge in [0.1, 0.15) is 0 Å². The Morgan fingerprint density at radius 3 is 2.40 bits per heavy atom. The zero-order valence-corrected chi connectivity index (χ0v) is 9.86. The Bertz CT molecular complexity index is 246. The third kappa shape index (κ3) is 1.71. The fourth-order valence-corrected chi connectivity index (χ4v) is 3.54. The average molecular weight is 214 g/mol. The number of hydrogen-bond donors (Lipinski definition) is 2. The van der Waals surface area contributed by atoms with Crippen molar-refractivity contribution in [2.75, 3.05) is 0 Å². The monoisotopic (exact) mass is 214 g/mol. The van der Waals surface area contributed by atoms with Crippen LogP contribution < -0.4 is 0 Å². The molecular weight excluding hydrogens is 192 g/mol. The summed E-state index contributed by atoms with van der Waals surface area (Å²) in [6, 6.07) is 0. The predicted octanol–water partition coefficient (Wildman–Crippen LogP) is 1.67. The van der Waals surface area contributed by atoms with Gasteiger partial charge in [0, 0.05) is 12.3 Å². The van der Waals surface area contributed by atoms with E-state index in [0.717, 1.165) is 19.3 Å². The van der Waals surface area contributed by atoms with E-state index in [1.54, 1.807) is 0 Å². The summed E-state index contributed by atoms with van der Waals surface area (Å²) in [7, 11) is 0. The lowest BCUT2D eigenvalue weighted by Gasteiger charge is -2.40. The topological polar surface area (TPSA) is 49.7 Å². The van der Waals surface area contributed by atoms with Crippen molar-refractivity contribution in [2.45, 2.75) is 63.9 Å². The summed E-state index contributed by atoms with van der Waals surface area (Å²) in [6.07, 6.45) is 3.04. The molecule has 1 heterocycles. The molecule has 15 heavy (non-hydrogen) atoms. The largest absolute Gasteiger partial charge is 0.390 e. The quantitative estimate of drug-likeness (QED) is 0.698. The molecule has 0 aromatic rings. The maximum atomic E-state index is 10.2. The van der Waals surface area contributed by atoms with Gasteiger partial charge in [-0.25, -0.2) is 0 Å². The Kier molecular flexibility index (Phi) is 2.61. The van der Waals surface area contributed by atoms with Gasteiger partial charge in [-0.1, -0.05) is 6.92 Å². The molecule has 0 aromatic carbocycles. The first-order valence-electron chi connectivity index (χ1n) is 5.94. The molecule has 2 fully saturated rings. The Balaban J connectivity index is 2.26. The molecule has 2 rings (SSSR count).